The third-order valence-corrected chi connectivity index (χ3v) is 5.90. The van der Waals surface area contributed by atoms with Gasteiger partial charge in [0.05, 0.1) is 6.61 Å². The number of hydrogen-bond acceptors (Lipinski definition) is 2. The summed E-state index contributed by atoms with van der Waals surface area (Å²) in [6.07, 6.45) is 10.5. The van der Waals surface area contributed by atoms with E-state index in [1.807, 2.05) is 0 Å². The molecule has 5 aliphatic carbocycles. The first kappa shape index (κ1) is 11.7. The summed E-state index contributed by atoms with van der Waals surface area (Å²) in [7, 11) is 0. The van der Waals surface area contributed by atoms with E-state index in [0.29, 0.717) is 0 Å². The minimum atomic E-state index is 0.835. The molecule has 0 atom stereocenters. The van der Waals surface area contributed by atoms with Gasteiger partial charge in [0.15, 0.2) is 0 Å². The zero-order valence-corrected chi connectivity index (χ0v) is 11.4. The summed E-state index contributed by atoms with van der Waals surface area (Å²) in [5.74, 6) is 5.11. The zero-order valence-electron chi connectivity index (χ0n) is 11.4. The van der Waals surface area contributed by atoms with E-state index in [1.54, 1.807) is 6.42 Å². The van der Waals surface area contributed by atoms with Crippen LogP contribution in [-0.4, -0.2) is 25.8 Å². The van der Waals surface area contributed by atoms with Crippen molar-refractivity contribution in [3.8, 4) is 0 Å². The number of ether oxygens (including phenoxy) is 1. The van der Waals surface area contributed by atoms with Gasteiger partial charge in [-0.15, -0.1) is 0 Å². The number of hydrogen-bond donors (Lipinski definition) is 1. The van der Waals surface area contributed by atoms with E-state index in [1.165, 1.54) is 38.5 Å². The van der Waals surface area contributed by atoms with Crippen LogP contribution in [0.5, 0.6) is 0 Å². The van der Waals surface area contributed by atoms with E-state index in [0.717, 1.165) is 55.4 Å². The van der Waals surface area contributed by atoms with Crippen molar-refractivity contribution in [2.45, 2.75) is 51.0 Å². The molecule has 0 heterocycles. The topological polar surface area (TPSA) is 21.3 Å². The summed E-state index contributed by atoms with van der Waals surface area (Å²) in [6.45, 7) is 3.03. The van der Waals surface area contributed by atoms with Gasteiger partial charge in [0.1, 0.15) is 0 Å². The second kappa shape index (κ2) is 4.79. The summed E-state index contributed by atoms with van der Waals surface area (Å²) in [6, 6.07) is 0.835. The first-order valence-electron chi connectivity index (χ1n) is 8.19. The molecule has 4 bridgehead atoms. The minimum absolute atomic E-state index is 0.835. The Bertz CT molecular complexity index is 271. The van der Waals surface area contributed by atoms with Gasteiger partial charge in [-0.05, 0) is 74.5 Å². The van der Waals surface area contributed by atoms with Gasteiger partial charge in [-0.2, -0.15) is 0 Å². The summed E-state index contributed by atoms with van der Waals surface area (Å²) in [5, 5.41) is 3.83. The third kappa shape index (κ3) is 2.34. The van der Waals surface area contributed by atoms with Crippen LogP contribution in [0, 0.1) is 29.6 Å². The molecule has 5 rings (SSSR count). The van der Waals surface area contributed by atoms with Crippen LogP contribution >= 0.6 is 0 Å². The second-order valence-corrected chi connectivity index (χ2v) is 7.43. The number of nitrogens with one attached hydrogen (secondary N) is 1. The van der Waals surface area contributed by atoms with Crippen LogP contribution in [0.1, 0.15) is 44.9 Å². The monoisotopic (exact) mass is 249 g/mol. The molecule has 5 aliphatic rings. The van der Waals surface area contributed by atoms with Crippen molar-refractivity contribution in [3.63, 3.8) is 0 Å². The van der Waals surface area contributed by atoms with Crippen molar-refractivity contribution in [3.05, 3.63) is 0 Å². The lowest BCUT2D eigenvalue weighted by atomic mass is 9.54. The fourth-order valence-electron chi connectivity index (χ4n) is 5.09. The molecule has 5 saturated carbocycles. The predicted octanol–water partition coefficient (Wildman–Crippen LogP) is 2.83. The first-order valence-corrected chi connectivity index (χ1v) is 8.19. The van der Waals surface area contributed by atoms with E-state index in [-0.39, 0.29) is 0 Å². The van der Waals surface area contributed by atoms with Crippen molar-refractivity contribution in [2.75, 3.05) is 19.8 Å². The SMILES string of the molecule is C(COCC1CC1)NC1C2CC3CC(C2)CC1C3. The molecule has 1 N–H and O–H groups in total. The van der Waals surface area contributed by atoms with Crippen LogP contribution in [0.15, 0.2) is 0 Å². The van der Waals surface area contributed by atoms with Crippen LogP contribution < -0.4 is 5.32 Å². The highest BCUT2D eigenvalue weighted by atomic mass is 16.5. The highest BCUT2D eigenvalue weighted by Crippen LogP contribution is 2.53. The fraction of sp³-hybridized carbons (Fsp3) is 1.00. The number of rotatable bonds is 6. The molecule has 2 heteroatoms. The molecule has 18 heavy (non-hydrogen) atoms. The molecule has 0 amide bonds. The Balaban J connectivity index is 1.22. The molecular formula is C16H27NO. The quantitative estimate of drug-likeness (QED) is 0.731. The molecule has 0 aliphatic heterocycles. The average Bonchev–Trinajstić information content (AvgIpc) is 3.15. The summed E-state index contributed by atoms with van der Waals surface area (Å²) >= 11 is 0. The summed E-state index contributed by atoms with van der Waals surface area (Å²) in [4.78, 5) is 0. The maximum absolute atomic E-state index is 5.74. The maximum atomic E-state index is 5.74. The molecule has 5 fully saturated rings. The van der Waals surface area contributed by atoms with Gasteiger partial charge >= 0.3 is 0 Å². The predicted molar refractivity (Wildman–Crippen MR) is 72.4 cm³/mol. The van der Waals surface area contributed by atoms with Crippen LogP contribution in [0.4, 0.5) is 0 Å². The summed E-state index contributed by atoms with van der Waals surface area (Å²) in [5.41, 5.74) is 0. The molecular weight excluding hydrogens is 222 g/mol. The van der Waals surface area contributed by atoms with Crippen molar-refractivity contribution in [1.29, 1.82) is 0 Å². The Kier molecular flexibility index (Phi) is 3.12. The molecule has 0 unspecified atom stereocenters. The molecule has 0 aromatic heterocycles. The van der Waals surface area contributed by atoms with E-state index >= 15 is 0 Å². The highest BCUT2D eigenvalue weighted by molar-refractivity contribution is 5.01. The fourth-order valence-corrected chi connectivity index (χ4v) is 5.09. The Morgan fingerprint density at radius 3 is 2.17 bits per heavy atom. The zero-order chi connectivity index (χ0) is 11.9. The van der Waals surface area contributed by atoms with E-state index in [2.05, 4.69) is 5.32 Å². The lowest BCUT2D eigenvalue weighted by molar-refractivity contribution is -0.0161. The van der Waals surface area contributed by atoms with Gasteiger partial charge in [0.2, 0.25) is 0 Å². The Morgan fingerprint density at radius 1 is 0.889 bits per heavy atom. The van der Waals surface area contributed by atoms with Crippen LogP contribution in [0.2, 0.25) is 0 Å². The molecule has 2 nitrogen and oxygen atoms in total. The molecule has 102 valence electrons. The van der Waals surface area contributed by atoms with Gasteiger partial charge < -0.3 is 10.1 Å². The lowest BCUT2D eigenvalue weighted by Gasteiger charge is -2.54. The van der Waals surface area contributed by atoms with E-state index in [4.69, 9.17) is 4.74 Å². The lowest BCUT2D eigenvalue weighted by Crippen LogP contribution is -2.55. The van der Waals surface area contributed by atoms with Gasteiger partial charge in [-0.3, -0.25) is 0 Å². The van der Waals surface area contributed by atoms with E-state index in [9.17, 15) is 0 Å². The van der Waals surface area contributed by atoms with Crippen LogP contribution in [0.3, 0.4) is 0 Å². The normalized spacial score (nSPS) is 45.7. The smallest absolute Gasteiger partial charge is 0.0591 e. The maximum Gasteiger partial charge on any atom is 0.0591 e. The average molecular weight is 249 g/mol. The van der Waals surface area contributed by atoms with Crippen molar-refractivity contribution < 1.29 is 4.74 Å². The molecule has 0 aromatic rings. The van der Waals surface area contributed by atoms with Crippen LogP contribution in [-0.2, 0) is 4.74 Å². The molecule has 0 radical (unpaired) electrons. The third-order valence-electron chi connectivity index (χ3n) is 5.90. The Hall–Kier alpha value is -0.0800. The van der Waals surface area contributed by atoms with Gasteiger partial charge in [0.25, 0.3) is 0 Å². The summed E-state index contributed by atoms with van der Waals surface area (Å²) < 4.78 is 5.74. The van der Waals surface area contributed by atoms with Gasteiger partial charge in [-0.1, -0.05) is 0 Å². The van der Waals surface area contributed by atoms with Crippen molar-refractivity contribution >= 4 is 0 Å². The molecule has 0 spiro atoms. The Morgan fingerprint density at radius 2 is 1.56 bits per heavy atom. The Labute approximate surface area is 111 Å². The highest BCUT2D eigenvalue weighted by Gasteiger charge is 2.47. The van der Waals surface area contributed by atoms with Crippen molar-refractivity contribution in [1.82, 2.24) is 5.32 Å². The van der Waals surface area contributed by atoms with Crippen LogP contribution in [0.25, 0.3) is 0 Å². The largest absolute Gasteiger partial charge is 0.380 e. The van der Waals surface area contributed by atoms with Crippen molar-refractivity contribution in [2.24, 2.45) is 29.6 Å². The molecule has 0 aromatic carbocycles. The standard InChI is InChI=1S/C16H27NO/c1-2-11(1)10-18-4-3-17-16-14-6-12-5-13(8-14)9-15(16)7-12/h11-17H,1-10H2. The second-order valence-electron chi connectivity index (χ2n) is 7.43. The van der Waals surface area contributed by atoms with Gasteiger partial charge in [0, 0.05) is 19.2 Å². The molecule has 0 saturated heterocycles. The van der Waals surface area contributed by atoms with Gasteiger partial charge in [-0.25, -0.2) is 0 Å². The van der Waals surface area contributed by atoms with E-state index < -0.39 is 0 Å². The first-order chi connectivity index (χ1) is 8.88. The minimum Gasteiger partial charge on any atom is -0.380 e.